The van der Waals surface area contributed by atoms with Gasteiger partial charge < -0.3 is 5.32 Å². The number of hydrogen-bond donors (Lipinski definition) is 1. The lowest BCUT2D eigenvalue weighted by Gasteiger charge is -2.32. The predicted octanol–water partition coefficient (Wildman–Crippen LogP) is 3.75. The highest BCUT2D eigenvalue weighted by molar-refractivity contribution is 5.93. The number of halogens is 1. The number of hydrogen-bond acceptors (Lipinski definition) is 1. The number of fused-ring (bicyclic) bond motifs is 1. The van der Waals surface area contributed by atoms with Crippen LogP contribution in [-0.4, -0.2) is 12.2 Å². The van der Waals surface area contributed by atoms with Gasteiger partial charge in [0.2, 0.25) is 0 Å². The number of anilines is 1. The molecule has 1 fully saturated rings. The van der Waals surface area contributed by atoms with Crippen molar-refractivity contribution >= 4 is 16.5 Å². The van der Waals surface area contributed by atoms with Crippen molar-refractivity contribution in [2.45, 2.75) is 25.1 Å². The first-order valence-corrected chi connectivity index (χ1v) is 5.73. The summed E-state index contributed by atoms with van der Waals surface area (Å²) in [6.07, 6.45) is 0.950. The SMILES string of the molecule is FC1CCC1Nc1cccc2ccccc12. The largest absolute Gasteiger partial charge is 0.379 e. The summed E-state index contributed by atoms with van der Waals surface area (Å²) in [4.78, 5) is 0. The zero-order valence-corrected chi connectivity index (χ0v) is 8.99. The van der Waals surface area contributed by atoms with Gasteiger partial charge in [-0.15, -0.1) is 0 Å². The molecular formula is C14H14FN. The minimum absolute atomic E-state index is 0.00538. The minimum Gasteiger partial charge on any atom is -0.379 e. The van der Waals surface area contributed by atoms with Crippen molar-refractivity contribution < 1.29 is 4.39 Å². The van der Waals surface area contributed by atoms with E-state index in [4.69, 9.17) is 0 Å². The molecule has 0 aromatic heterocycles. The first kappa shape index (κ1) is 9.64. The molecule has 2 aromatic carbocycles. The van der Waals surface area contributed by atoms with Crippen molar-refractivity contribution in [3.05, 3.63) is 42.5 Å². The highest BCUT2D eigenvalue weighted by Crippen LogP contribution is 2.30. The zero-order chi connectivity index (χ0) is 11.0. The molecule has 2 heteroatoms. The summed E-state index contributed by atoms with van der Waals surface area (Å²) in [6.45, 7) is 0. The van der Waals surface area contributed by atoms with E-state index in [1.54, 1.807) is 0 Å². The van der Waals surface area contributed by atoms with Crippen LogP contribution in [0.25, 0.3) is 10.8 Å². The van der Waals surface area contributed by atoms with Gasteiger partial charge >= 0.3 is 0 Å². The Bertz CT molecular complexity index is 504. The van der Waals surface area contributed by atoms with E-state index in [0.29, 0.717) is 6.42 Å². The maximum Gasteiger partial charge on any atom is 0.120 e. The van der Waals surface area contributed by atoms with E-state index in [9.17, 15) is 4.39 Å². The molecule has 0 amide bonds. The molecule has 0 saturated heterocycles. The van der Waals surface area contributed by atoms with Gasteiger partial charge in [0, 0.05) is 11.1 Å². The summed E-state index contributed by atoms with van der Waals surface area (Å²) in [5.74, 6) is 0. The Morgan fingerprint density at radius 3 is 2.56 bits per heavy atom. The van der Waals surface area contributed by atoms with Crippen LogP contribution in [0.4, 0.5) is 10.1 Å². The second kappa shape index (κ2) is 3.78. The maximum absolute atomic E-state index is 13.2. The van der Waals surface area contributed by atoms with Crippen molar-refractivity contribution in [2.24, 2.45) is 0 Å². The van der Waals surface area contributed by atoms with E-state index in [-0.39, 0.29) is 6.04 Å². The van der Waals surface area contributed by atoms with Gasteiger partial charge in [0.1, 0.15) is 6.17 Å². The molecule has 0 spiro atoms. The molecule has 16 heavy (non-hydrogen) atoms. The summed E-state index contributed by atoms with van der Waals surface area (Å²) in [5, 5.41) is 5.66. The molecule has 2 atom stereocenters. The lowest BCUT2D eigenvalue weighted by Crippen LogP contribution is -2.39. The Hall–Kier alpha value is -1.57. The molecule has 0 aliphatic heterocycles. The van der Waals surface area contributed by atoms with Gasteiger partial charge in [0.15, 0.2) is 0 Å². The van der Waals surface area contributed by atoms with Crippen LogP contribution >= 0.6 is 0 Å². The first-order chi connectivity index (χ1) is 7.84. The van der Waals surface area contributed by atoms with Crippen LogP contribution in [-0.2, 0) is 0 Å². The van der Waals surface area contributed by atoms with Gasteiger partial charge in [0.05, 0.1) is 6.04 Å². The highest BCUT2D eigenvalue weighted by Gasteiger charge is 2.30. The van der Waals surface area contributed by atoms with Crippen LogP contribution in [0.1, 0.15) is 12.8 Å². The second-order valence-electron chi connectivity index (χ2n) is 4.37. The lowest BCUT2D eigenvalue weighted by atomic mass is 9.90. The Morgan fingerprint density at radius 1 is 1.00 bits per heavy atom. The molecule has 0 heterocycles. The van der Waals surface area contributed by atoms with Crippen molar-refractivity contribution in [3.8, 4) is 0 Å². The topological polar surface area (TPSA) is 12.0 Å². The molecule has 3 rings (SSSR count). The van der Waals surface area contributed by atoms with Gasteiger partial charge in [-0.25, -0.2) is 4.39 Å². The normalized spacial score (nSPS) is 24.1. The molecule has 1 nitrogen and oxygen atoms in total. The van der Waals surface area contributed by atoms with E-state index in [0.717, 1.165) is 12.1 Å². The standard InChI is InChI=1S/C14H14FN/c15-12-8-9-14(12)16-13-7-3-5-10-4-1-2-6-11(10)13/h1-7,12,14,16H,8-9H2. The number of rotatable bonds is 2. The Kier molecular flexibility index (Phi) is 2.28. The summed E-state index contributed by atoms with van der Waals surface area (Å²) in [6, 6.07) is 14.3. The molecule has 2 aromatic rings. The number of benzene rings is 2. The fourth-order valence-corrected chi connectivity index (χ4v) is 2.17. The maximum atomic E-state index is 13.2. The Labute approximate surface area is 94.3 Å². The van der Waals surface area contributed by atoms with Gasteiger partial charge in [-0.2, -0.15) is 0 Å². The zero-order valence-electron chi connectivity index (χ0n) is 8.99. The van der Waals surface area contributed by atoms with Crippen molar-refractivity contribution in [1.29, 1.82) is 0 Å². The van der Waals surface area contributed by atoms with Crippen molar-refractivity contribution in [3.63, 3.8) is 0 Å². The van der Waals surface area contributed by atoms with Gasteiger partial charge in [-0.1, -0.05) is 36.4 Å². The Morgan fingerprint density at radius 2 is 1.81 bits per heavy atom. The van der Waals surface area contributed by atoms with Crippen LogP contribution in [0, 0.1) is 0 Å². The number of nitrogens with one attached hydrogen (secondary N) is 1. The summed E-state index contributed by atoms with van der Waals surface area (Å²) < 4.78 is 13.2. The fourth-order valence-electron chi connectivity index (χ4n) is 2.17. The van der Waals surface area contributed by atoms with E-state index in [1.165, 1.54) is 10.8 Å². The van der Waals surface area contributed by atoms with Crippen LogP contribution < -0.4 is 5.32 Å². The summed E-state index contributed by atoms with van der Waals surface area (Å²) in [5.41, 5.74) is 1.05. The molecule has 1 N–H and O–H groups in total. The van der Waals surface area contributed by atoms with Crippen LogP contribution in [0.15, 0.2) is 42.5 Å². The smallest absolute Gasteiger partial charge is 0.120 e. The van der Waals surface area contributed by atoms with Crippen molar-refractivity contribution in [1.82, 2.24) is 0 Å². The van der Waals surface area contributed by atoms with E-state index >= 15 is 0 Å². The average molecular weight is 215 g/mol. The molecule has 1 aliphatic carbocycles. The molecule has 0 radical (unpaired) electrons. The number of alkyl halides is 1. The van der Waals surface area contributed by atoms with Crippen LogP contribution in [0.2, 0.25) is 0 Å². The molecule has 0 bridgehead atoms. The molecule has 1 aliphatic rings. The Balaban J connectivity index is 1.96. The monoisotopic (exact) mass is 215 g/mol. The summed E-state index contributed by atoms with van der Waals surface area (Å²) >= 11 is 0. The first-order valence-electron chi connectivity index (χ1n) is 5.73. The fraction of sp³-hybridized carbons (Fsp3) is 0.286. The van der Waals surface area contributed by atoms with Crippen LogP contribution in [0.3, 0.4) is 0 Å². The van der Waals surface area contributed by atoms with E-state index < -0.39 is 6.17 Å². The van der Waals surface area contributed by atoms with Gasteiger partial charge in [-0.3, -0.25) is 0 Å². The third-order valence-corrected chi connectivity index (χ3v) is 3.32. The lowest BCUT2D eigenvalue weighted by molar-refractivity contribution is 0.186. The second-order valence-corrected chi connectivity index (χ2v) is 4.37. The van der Waals surface area contributed by atoms with Crippen LogP contribution in [0.5, 0.6) is 0 Å². The van der Waals surface area contributed by atoms with E-state index in [1.807, 2.05) is 24.3 Å². The molecule has 1 saturated carbocycles. The highest BCUT2D eigenvalue weighted by atomic mass is 19.1. The quantitative estimate of drug-likeness (QED) is 0.804. The molecular weight excluding hydrogens is 201 g/mol. The molecule has 2 unspecified atom stereocenters. The third kappa shape index (κ3) is 1.54. The van der Waals surface area contributed by atoms with Crippen molar-refractivity contribution in [2.75, 3.05) is 5.32 Å². The minimum atomic E-state index is -0.682. The van der Waals surface area contributed by atoms with E-state index in [2.05, 4.69) is 23.5 Å². The third-order valence-electron chi connectivity index (χ3n) is 3.32. The summed E-state index contributed by atoms with van der Waals surface area (Å²) in [7, 11) is 0. The average Bonchev–Trinajstić information content (AvgIpc) is 2.34. The predicted molar refractivity (Wildman–Crippen MR) is 65.5 cm³/mol. The van der Waals surface area contributed by atoms with Gasteiger partial charge in [-0.05, 0) is 24.3 Å². The molecule has 82 valence electrons. The van der Waals surface area contributed by atoms with Gasteiger partial charge in [0.25, 0.3) is 0 Å².